The van der Waals surface area contributed by atoms with Crippen LogP contribution in [-0.2, 0) is 28.6 Å². The molecule has 0 heterocycles. The summed E-state index contributed by atoms with van der Waals surface area (Å²) in [7, 11) is -3.74. The Kier molecular flexibility index (Phi) is 6.94. The molecule has 1 atom stereocenters. The monoisotopic (exact) mass is 311 g/mol. The van der Waals surface area contributed by atoms with E-state index in [9.17, 15) is 18.0 Å². The fraction of sp³-hybridized carbons (Fsp3) is 0.818. The summed E-state index contributed by atoms with van der Waals surface area (Å²) in [4.78, 5) is 23.2. The van der Waals surface area contributed by atoms with Gasteiger partial charge in [-0.05, 0) is 27.7 Å². The van der Waals surface area contributed by atoms with E-state index in [2.05, 4.69) is 9.50 Å². The van der Waals surface area contributed by atoms with Crippen LogP contribution in [0.5, 0.6) is 0 Å². The van der Waals surface area contributed by atoms with Crippen molar-refractivity contribution in [2.75, 3.05) is 19.5 Å². The van der Waals surface area contributed by atoms with Crippen molar-refractivity contribution in [1.82, 2.24) is 5.32 Å². The highest BCUT2D eigenvalue weighted by Crippen LogP contribution is 2.07. The molecule has 1 amide bonds. The molecule has 0 aromatic rings. The van der Waals surface area contributed by atoms with Crippen LogP contribution in [0.1, 0.15) is 27.7 Å². The van der Waals surface area contributed by atoms with Gasteiger partial charge in [-0.1, -0.05) is 0 Å². The van der Waals surface area contributed by atoms with E-state index in [1.807, 2.05) is 0 Å². The zero-order valence-electron chi connectivity index (χ0n) is 12.3. The van der Waals surface area contributed by atoms with Crippen molar-refractivity contribution in [3.63, 3.8) is 0 Å². The molecule has 0 aromatic heterocycles. The van der Waals surface area contributed by atoms with Crippen LogP contribution >= 0.6 is 0 Å². The second-order valence-corrected chi connectivity index (χ2v) is 6.58. The van der Waals surface area contributed by atoms with Crippen LogP contribution in [0.15, 0.2) is 0 Å². The molecule has 8 nitrogen and oxygen atoms in total. The highest BCUT2D eigenvalue weighted by Gasteiger charge is 2.26. The third-order valence-corrected chi connectivity index (χ3v) is 2.28. The molecule has 0 aliphatic carbocycles. The number of hydrogen-bond acceptors (Lipinski definition) is 7. The van der Waals surface area contributed by atoms with Crippen molar-refractivity contribution in [2.45, 2.75) is 39.3 Å². The van der Waals surface area contributed by atoms with Gasteiger partial charge in [0.2, 0.25) is 0 Å². The summed E-state index contributed by atoms with van der Waals surface area (Å²) in [5, 5.41) is 2.21. The summed E-state index contributed by atoms with van der Waals surface area (Å²) in [6, 6.07) is -1.26. The maximum atomic E-state index is 11.6. The van der Waals surface area contributed by atoms with Gasteiger partial charge in [-0.2, -0.15) is 8.42 Å². The lowest BCUT2D eigenvalue weighted by molar-refractivity contribution is -0.146. The maximum Gasteiger partial charge on any atom is 0.408 e. The van der Waals surface area contributed by atoms with Crippen molar-refractivity contribution >= 4 is 22.2 Å². The van der Waals surface area contributed by atoms with Gasteiger partial charge in [0.15, 0.2) is 6.04 Å². The number of esters is 1. The Hall–Kier alpha value is -1.35. The summed E-state index contributed by atoms with van der Waals surface area (Å²) in [5.74, 6) is -0.804. The Morgan fingerprint density at radius 3 is 2.20 bits per heavy atom. The van der Waals surface area contributed by atoms with E-state index < -0.39 is 40.4 Å². The molecule has 20 heavy (non-hydrogen) atoms. The van der Waals surface area contributed by atoms with Crippen molar-refractivity contribution in [2.24, 2.45) is 0 Å². The van der Waals surface area contributed by atoms with Gasteiger partial charge in [0.1, 0.15) is 5.60 Å². The average molecular weight is 311 g/mol. The summed E-state index contributed by atoms with van der Waals surface area (Å²) >= 11 is 0. The lowest BCUT2D eigenvalue weighted by atomic mass is 10.2. The number of carbonyl (C=O) groups is 2. The van der Waals surface area contributed by atoms with Crippen LogP contribution in [0.25, 0.3) is 0 Å². The van der Waals surface area contributed by atoms with Crippen LogP contribution in [0.2, 0.25) is 0 Å². The molecule has 0 aliphatic rings. The highest BCUT2D eigenvalue weighted by atomic mass is 32.2. The number of ether oxygens (including phenoxy) is 2. The molecule has 0 spiro atoms. The van der Waals surface area contributed by atoms with Gasteiger partial charge >= 0.3 is 12.1 Å². The minimum atomic E-state index is -3.74. The van der Waals surface area contributed by atoms with Gasteiger partial charge in [0.05, 0.1) is 19.5 Å². The highest BCUT2D eigenvalue weighted by molar-refractivity contribution is 7.85. The number of nitrogens with one attached hydrogen (secondary N) is 1. The molecule has 0 unspecified atom stereocenters. The Morgan fingerprint density at radius 2 is 1.80 bits per heavy atom. The number of hydrogen-bond donors (Lipinski definition) is 1. The number of alkyl carbamates (subject to hydrolysis) is 1. The molecule has 0 saturated heterocycles. The Balaban J connectivity index is 4.69. The Morgan fingerprint density at radius 1 is 1.25 bits per heavy atom. The van der Waals surface area contributed by atoms with Crippen molar-refractivity contribution < 1.29 is 31.7 Å². The molecule has 0 rings (SSSR count). The molecule has 0 radical (unpaired) electrons. The van der Waals surface area contributed by atoms with Gasteiger partial charge < -0.3 is 14.8 Å². The zero-order valence-corrected chi connectivity index (χ0v) is 13.1. The normalized spacial score (nSPS) is 13.4. The number of rotatable bonds is 6. The third-order valence-electron chi connectivity index (χ3n) is 1.71. The predicted octanol–water partition coefficient (Wildman–Crippen LogP) is 0.419. The zero-order chi connectivity index (χ0) is 16.0. The lowest BCUT2D eigenvalue weighted by Crippen LogP contribution is -2.47. The minimum Gasteiger partial charge on any atom is -0.464 e. The van der Waals surface area contributed by atoms with Gasteiger partial charge in [-0.15, -0.1) is 0 Å². The van der Waals surface area contributed by atoms with E-state index in [1.165, 1.54) is 0 Å². The predicted molar refractivity (Wildman–Crippen MR) is 70.6 cm³/mol. The van der Waals surface area contributed by atoms with Gasteiger partial charge in [-0.3, -0.25) is 4.18 Å². The minimum absolute atomic E-state index is 0.0875. The van der Waals surface area contributed by atoms with Crippen molar-refractivity contribution in [1.29, 1.82) is 0 Å². The third kappa shape index (κ3) is 9.56. The topological polar surface area (TPSA) is 108 Å². The van der Waals surface area contributed by atoms with E-state index in [-0.39, 0.29) is 6.61 Å². The smallest absolute Gasteiger partial charge is 0.408 e. The molecular weight excluding hydrogens is 290 g/mol. The van der Waals surface area contributed by atoms with E-state index >= 15 is 0 Å². The van der Waals surface area contributed by atoms with Crippen LogP contribution < -0.4 is 5.32 Å². The van der Waals surface area contributed by atoms with Crippen molar-refractivity contribution in [3.05, 3.63) is 0 Å². The summed E-state index contributed by atoms with van der Waals surface area (Å²) in [6.07, 6.45) is -0.0319. The fourth-order valence-electron chi connectivity index (χ4n) is 1.05. The fourth-order valence-corrected chi connectivity index (χ4v) is 1.44. The van der Waals surface area contributed by atoms with E-state index in [1.54, 1.807) is 27.7 Å². The first-order valence-electron chi connectivity index (χ1n) is 5.95. The molecule has 0 aromatic carbocycles. The summed E-state index contributed by atoms with van der Waals surface area (Å²) < 4.78 is 36.0. The SMILES string of the molecule is CCOC(=O)[C@H](COS(C)(=O)=O)NC(=O)OC(C)(C)C. The van der Waals surface area contributed by atoms with Crippen LogP contribution in [0.4, 0.5) is 4.79 Å². The molecule has 9 heteroatoms. The Labute approximate surface area is 118 Å². The molecule has 0 aliphatic heterocycles. The van der Waals surface area contributed by atoms with Gasteiger partial charge in [0, 0.05) is 0 Å². The number of carbonyl (C=O) groups excluding carboxylic acids is 2. The standard InChI is InChI=1S/C11H21NO7S/c1-6-17-9(13)8(7-18-20(5,15)16)12-10(14)19-11(2,3)4/h8H,6-7H2,1-5H3,(H,12,14)/t8-/m0/s1. The van der Waals surface area contributed by atoms with Crippen LogP contribution in [0, 0.1) is 0 Å². The first kappa shape index (κ1) is 18.7. The molecule has 0 saturated carbocycles. The summed E-state index contributed by atoms with van der Waals surface area (Å²) in [5.41, 5.74) is -0.749. The largest absolute Gasteiger partial charge is 0.464 e. The number of amides is 1. The average Bonchev–Trinajstić information content (AvgIpc) is 2.20. The lowest BCUT2D eigenvalue weighted by Gasteiger charge is -2.22. The first-order chi connectivity index (χ1) is 8.94. The van der Waals surface area contributed by atoms with Gasteiger partial charge in [0.25, 0.3) is 10.1 Å². The molecule has 0 bridgehead atoms. The maximum absolute atomic E-state index is 11.6. The summed E-state index contributed by atoms with van der Waals surface area (Å²) in [6.45, 7) is 6.07. The Bertz CT molecular complexity index is 438. The van der Waals surface area contributed by atoms with E-state index in [0.717, 1.165) is 6.26 Å². The van der Waals surface area contributed by atoms with Gasteiger partial charge in [-0.25, -0.2) is 9.59 Å². The first-order valence-corrected chi connectivity index (χ1v) is 7.77. The van der Waals surface area contributed by atoms with E-state index in [4.69, 9.17) is 9.47 Å². The van der Waals surface area contributed by atoms with E-state index in [0.29, 0.717) is 0 Å². The second-order valence-electron chi connectivity index (χ2n) is 4.94. The molecule has 1 N–H and O–H groups in total. The molecule has 0 fully saturated rings. The second kappa shape index (κ2) is 7.44. The van der Waals surface area contributed by atoms with Crippen molar-refractivity contribution in [3.8, 4) is 0 Å². The van der Waals surface area contributed by atoms with Crippen LogP contribution in [-0.4, -0.2) is 51.6 Å². The van der Waals surface area contributed by atoms with Crippen LogP contribution in [0.3, 0.4) is 0 Å². The molecule has 118 valence electrons. The molecular formula is C11H21NO7S. The quantitative estimate of drug-likeness (QED) is 0.559.